The molecule has 3 aliphatic rings. The highest BCUT2D eigenvalue weighted by Gasteiger charge is 2.41. The topological polar surface area (TPSA) is 9.23 Å². The van der Waals surface area contributed by atoms with Gasteiger partial charge in [-0.05, 0) is 43.6 Å². The molecule has 3 atom stereocenters. The normalized spacial score (nSPS) is 41.6. The maximum atomic E-state index is 6.16. The minimum atomic E-state index is 0.562. The second-order valence-electron chi connectivity index (χ2n) is 5.25. The fourth-order valence-corrected chi connectivity index (χ4v) is 3.55. The van der Waals surface area contributed by atoms with Crippen molar-refractivity contribution in [3.8, 4) is 0 Å². The third-order valence-electron chi connectivity index (χ3n) is 4.32. The second-order valence-corrected chi connectivity index (χ2v) is 5.25. The Morgan fingerprint density at radius 2 is 1.93 bits per heavy atom. The second kappa shape index (κ2) is 3.29. The van der Waals surface area contributed by atoms with Crippen molar-refractivity contribution in [1.29, 1.82) is 0 Å². The zero-order valence-electron chi connectivity index (χ0n) is 9.09. The van der Waals surface area contributed by atoms with E-state index in [1.54, 1.807) is 5.57 Å². The molecule has 1 heteroatoms. The van der Waals surface area contributed by atoms with Gasteiger partial charge in [0.2, 0.25) is 0 Å². The van der Waals surface area contributed by atoms with Crippen molar-refractivity contribution in [1.82, 2.24) is 0 Å². The summed E-state index contributed by atoms with van der Waals surface area (Å²) in [6.07, 6.45) is 10.1. The molecule has 1 fully saturated rings. The van der Waals surface area contributed by atoms with Crippen LogP contribution in [0.4, 0.5) is 0 Å². The first-order chi connectivity index (χ1) is 6.86. The van der Waals surface area contributed by atoms with Crippen molar-refractivity contribution in [2.75, 3.05) is 0 Å². The van der Waals surface area contributed by atoms with Gasteiger partial charge in [-0.3, -0.25) is 0 Å². The number of hydrogen-bond donors (Lipinski definition) is 0. The van der Waals surface area contributed by atoms with Gasteiger partial charge in [-0.1, -0.05) is 13.3 Å². The lowest BCUT2D eigenvalue weighted by Gasteiger charge is -2.31. The van der Waals surface area contributed by atoms with Crippen LogP contribution in [0.5, 0.6) is 0 Å². The maximum Gasteiger partial charge on any atom is 0.107 e. The number of ether oxygens (including phenoxy) is 1. The minimum Gasteiger partial charge on any atom is -0.494 e. The van der Waals surface area contributed by atoms with Crippen LogP contribution in [0.25, 0.3) is 0 Å². The standard InChI is InChI=1S/C13H20O/c1-9-5-4-7-11-10-6-2-3-8-12(10)14-13(9)11/h9,11,13H,2-8H2,1H3. The highest BCUT2D eigenvalue weighted by atomic mass is 16.5. The molecule has 0 bridgehead atoms. The smallest absolute Gasteiger partial charge is 0.107 e. The Balaban J connectivity index is 1.86. The van der Waals surface area contributed by atoms with E-state index in [0.29, 0.717) is 6.10 Å². The predicted octanol–water partition coefficient (Wildman–Crippen LogP) is 3.65. The lowest BCUT2D eigenvalue weighted by Crippen LogP contribution is -2.30. The highest BCUT2D eigenvalue weighted by molar-refractivity contribution is 5.22. The molecule has 3 unspecified atom stereocenters. The van der Waals surface area contributed by atoms with Crippen LogP contribution in [-0.4, -0.2) is 6.10 Å². The van der Waals surface area contributed by atoms with Gasteiger partial charge in [0.1, 0.15) is 6.10 Å². The lowest BCUT2D eigenvalue weighted by atomic mass is 9.75. The average molecular weight is 192 g/mol. The lowest BCUT2D eigenvalue weighted by molar-refractivity contribution is 0.0359. The van der Waals surface area contributed by atoms with Crippen LogP contribution in [0.1, 0.15) is 51.9 Å². The van der Waals surface area contributed by atoms with Gasteiger partial charge >= 0.3 is 0 Å². The molecule has 0 aromatic rings. The summed E-state index contributed by atoms with van der Waals surface area (Å²) >= 11 is 0. The number of allylic oxidation sites excluding steroid dienone is 1. The SMILES string of the molecule is CC1CCCC2C3=C(CCCC3)OC12. The molecule has 1 aliphatic heterocycles. The molecule has 1 saturated carbocycles. The van der Waals surface area contributed by atoms with E-state index in [9.17, 15) is 0 Å². The summed E-state index contributed by atoms with van der Waals surface area (Å²) in [5.41, 5.74) is 1.72. The van der Waals surface area contributed by atoms with Gasteiger partial charge in [0.15, 0.2) is 0 Å². The fraction of sp³-hybridized carbons (Fsp3) is 0.846. The Bertz CT molecular complexity index is 266. The molecular weight excluding hydrogens is 172 g/mol. The van der Waals surface area contributed by atoms with Gasteiger partial charge in [0.05, 0.1) is 5.76 Å². The van der Waals surface area contributed by atoms with Gasteiger partial charge in [-0.25, -0.2) is 0 Å². The molecule has 1 heterocycles. The van der Waals surface area contributed by atoms with Gasteiger partial charge in [-0.15, -0.1) is 0 Å². The van der Waals surface area contributed by atoms with Crippen molar-refractivity contribution in [2.24, 2.45) is 11.8 Å². The van der Waals surface area contributed by atoms with Gasteiger partial charge in [0, 0.05) is 12.3 Å². The molecule has 0 amide bonds. The monoisotopic (exact) mass is 192 g/mol. The summed E-state index contributed by atoms with van der Waals surface area (Å²) in [6.45, 7) is 2.37. The van der Waals surface area contributed by atoms with Crippen LogP contribution in [0.3, 0.4) is 0 Å². The largest absolute Gasteiger partial charge is 0.494 e. The summed E-state index contributed by atoms with van der Waals surface area (Å²) in [6, 6.07) is 0. The van der Waals surface area contributed by atoms with E-state index in [2.05, 4.69) is 6.92 Å². The van der Waals surface area contributed by atoms with Gasteiger partial charge in [-0.2, -0.15) is 0 Å². The Labute approximate surface area is 86.5 Å². The van der Waals surface area contributed by atoms with Gasteiger partial charge < -0.3 is 4.74 Å². The van der Waals surface area contributed by atoms with Crippen LogP contribution < -0.4 is 0 Å². The van der Waals surface area contributed by atoms with Crippen LogP contribution >= 0.6 is 0 Å². The summed E-state index contributed by atoms with van der Waals surface area (Å²) < 4.78 is 6.16. The Morgan fingerprint density at radius 1 is 1.07 bits per heavy atom. The molecule has 0 aromatic heterocycles. The molecule has 78 valence electrons. The van der Waals surface area contributed by atoms with Crippen LogP contribution in [0, 0.1) is 11.8 Å². The molecule has 2 aliphatic carbocycles. The molecule has 0 spiro atoms. The average Bonchev–Trinajstić information content (AvgIpc) is 2.59. The zero-order valence-corrected chi connectivity index (χ0v) is 9.09. The first-order valence-electron chi connectivity index (χ1n) is 6.25. The van der Waals surface area contributed by atoms with Gasteiger partial charge in [0.25, 0.3) is 0 Å². The maximum absolute atomic E-state index is 6.16. The van der Waals surface area contributed by atoms with Crippen molar-refractivity contribution in [3.05, 3.63) is 11.3 Å². The van der Waals surface area contributed by atoms with Crippen LogP contribution in [0.15, 0.2) is 11.3 Å². The van der Waals surface area contributed by atoms with E-state index in [0.717, 1.165) is 11.8 Å². The van der Waals surface area contributed by atoms with Crippen LogP contribution in [-0.2, 0) is 4.74 Å². The molecule has 14 heavy (non-hydrogen) atoms. The molecular formula is C13H20O. The summed E-state index contributed by atoms with van der Waals surface area (Å²) in [5.74, 6) is 3.01. The highest BCUT2D eigenvalue weighted by Crippen LogP contribution is 2.47. The van der Waals surface area contributed by atoms with E-state index in [1.807, 2.05) is 0 Å². The van der Waals surface area contributed by atoms with E-state index in [-0.39, 0.29) is 0 Å². The Hall–Kier alpha value is -0.460. The van der Waals surface area contributed by atoms with Crippen molar-refractivity contribution < 1.29 is 4.74 Å². The first-order valence-corrected chi connectivity index (χ1v) is 6.25. The zero-order chi connectivity index (χ0) is 9.54. The van der Waals surface area contributed by atoms with E-state index >= 15 is 0 Å². The van der Waals surface area contributed by atoms with Crippen molar-refractivity contribution >= 4 is 0 Å². The Morgan fingerprint density at radius 3 is 2.86 bits per heavy atom. The van der Waals surface area contributed by atoms with E-state index in [1.165, 1.54) is 50.7 Å². The number of fused-ring (bicyclic) bond motifs is 2. The van der Waals surface area contributed by atoms with E-state index < -0.39 is 0 Å². The number of hydrogen-bond acceptors (Lipinski definition) is 1. The fourth-order valence-electron chi connectivity index (χ4n) is 3.55. The first kappa shape index (κ1) is 8.82. The Kier molecular flexibility index (Phi) is 2.07. The third kappa shape index (κ3) is 1.21. The third-order valence-corrected chi connectivity index (χ3v) is 4.32. The molecule has 0 saturated heterocycles. The predicted molar refractivity (Wildman–Crippen MR) is 56.9 cm³/mol. The summed E-state index contributed by atoms with van der Waals surface area (Å²) in [4.78, 5) is 0. The van der Waals surface area contributed by atoms with Crippen molar-refractivity contribution in [3.63, 3.8) is 0 Å². The quantitative estimate of drug-likeness (QED) is 0.569. The molecule has 3 rings (SSSR count). The van der Waals surface area contributed by atoms with Crippen molar-refractivity contribution in [2.45, 2.75) is 58.0 Å². The summed E-state index contributed by atoms with van der Waals surface area (Å²) in [5, 5.41) is 0. The number of rotatable bonds is 0. The van der Waals surface area contributed by atoms with E-state index in [4.69, 9.17) is 4.74 Å². The summed E-state index contributed by atoms with van der Waals surface area (Å²) in [7, 11) is 0. The molecule has 0 radical (unpaired) electrons. The minimum absolute atomic E-state index is 0.562. The molecule has 0 N–H and O–H groups in total. The van der Waals surface area contributed by atoms with Crippen LogP contribution in [0.2, 0.25) is 0 Å². The molecule has 0 aromatic carbocycles. The molecule has 1 nitrogen and oxygen atoms in total.